The summed E-state index contributed by atoms with van der Waals surface area (Å²) in [5.41, 5.74) is -0.232. The molecule has 5 heteroatoms. The van der Waals surface area contributed by atoms with Crippen molar-refractivity contribution in [2.45, 2.75) is 17.7 Å². The van der Waals surface area contributed by atoms with Crippen LogP contribution < -0.4 is 4.72 Å². The molecule has 3 rings (SSSR count). The van der Waals surface area contributed by atoms with Crippen molar-refractivity contribution in [1.29, 1.82) is 0 Å². The van der Waals surface area contributed by atoms with Gasteiger partial charge in [0.05, 0.1) is 4.90 Å². The van der Waals surface area contributed by atoms with Crippen LogP contribution in [0.1, 0.15) is 12.8 Å². The Morgan fingerprint density at radius 1 is 1.10 bits per heavy atom. The molecular weight excluding hydrogens is 274 g/mol. The zero-order valence-corrected chi connectivity index (χ0v) is 11.9. The first kappa shape index (κ1) is 13.5. The summed E-state index contributed by atoms with van der Waals surface area (Å²) in [5, 5.41) is 11.1. The maximum absolute atomic E-state index is 12.3. The molecule has 1 saturated carbocycles. The third kappa shape index (κ3) is 2.57. The van der Waals surface area contributed by atoms with E-state index < -0.39 is 10.0 Å². The van der Waals surface area contributed by atoms with Crippen molar-refractivity contribution < 1.29 is 13.5 Å². The molecule has 2 aromatic rings. The summed E-state index contributed by atoms with van der Waals surface area (Å²) >= 11 is 0. The average Bonchev–Trinajstić information content (AvgIpc) is 3.25. The molecule has 2 N–H and O–H groups in total. The van der Waals surface area contributed by atoms with Gasteiger partial charge in [-0.2, -0.15) is 0 Å². The first-order valence-electron chi connectivity index (χ1n) is 6.64. The van der Waals surface area contributed by atoms with Crippen LogP contribution in [-0.4, -0.2) is 26.7 Å². The Balaban J connectivity index is 1.85. The summed E-state index contributed by atoms with van der Waals surface area (Å²) in [7, 11) is -3.52. The Morgan fingerprint density at radius 2 is 1.80 bits per heavy atom. The number of hydrogen-bond acceptors (Lipinski definition) is 3. The molecule has 0 aromatic heterocycles. The third-order valence-electron chi connectivity index (χ3n) is 3.96. The molecule has 0 unspecified atom stereocenters. The van der Waals surface area contributed by atoms with E-state index in [0.717, 1.165) is 23.6 Å². The maximum Gasteiger partial charge on any atom is 0.240 e. The number of nitrogens with one attached hydrogen (secondary N) is 1. The third-order valence-corrected chi connectivity index (χ3v) is 5.36. The van der Waals surface area contributed by atoms with Crippen LogP contribution in [0.4, 0.5) is 0 Å². The molecule has 0 aliphatic heterocycles. The van der Waals surface area contributed by atoms with E-state index in [0.29, 0.717) is 6.54 Å². The predicted molar refractivity (Wildman–Crippen MR) is 77.9 cm³/mol. The highest BCUT2D eigenvalue weighted by Gasteiger charge is 2.42. The molecule has 1 fully saturated rings. The molecule has 0 radical (unpaired) electrons. The van der Waals surface area contributed by atoms with Crippen molar-refractivity contribution in [2.75, 3.05) is 13.2 Å². The molecule has 1 aliphatic rings. The summed E-state index contributed by atoms with van der Waals surface area (Å²) in [6, 6.07) is 12.8. The van der Waals surface area contributed by atoms with E-state index in [1.54, 1.807) is 12.1 Å². The van der Waals surface area contributed by atoms with E-state index >= 15 is 0 Å². The minimum absolute atomic E-state index is 0.0350. The second-order valence-electron chi connectivity index (χ2n) is 5.49. The van der Waals surface area contributed by atoms with Crippen molar-refractivity contribution in [3.8, 4) is 0 Å². The van der Waals surface area contributed by atoms with E-state index in [4.69, 9.17) is 0 Å². The zero-order valence-electron chi connectivity index (χ0n) is 11.0. The molecule has 0 atom stereocenters. The number of hydrogen-bond donors (Lipinski definition) is 2. The van der Waals surface area contributed by atoms with Crippen molar-refractivity contribution in [3.63, 3.8) is 0 Å². The summed E-state index contributed by atoms with van der Waals surface area (Å²) in [5.74, 6) is 0. The average molecular weight is 291 g/mol. The Hall–Kier alpha value is -1.43. The summed E-state index contributed by atoms with van der Waals surface area (Å²) in [6.07, 6.45) is 1.76. The highest BCUT2D eigenvalue weighted by atomic mass is 32.2. The van der Waals surface area contributed by atoms with Crippen molar-refractivity contribution >= 4 is 20.8 Å². The molecule has 106 valence electrons. The number of fused-ring (bicyclic) bond motifs is 1. The van der Waals surface area contributed by atoms with Gasteiger partial charge >= 0.3 is 0 Å². The molecule has 1 aliphatic carbocycles. The lowest BCUT2D eigenvalue weighted by Crippen LogP contribution is -2.31. The second-order valence-corrected chi connectivity index (χ2v) is 7.26. The van der Waals surface area contributed by atoms with Gasteiger partial charge in [-0.05, 0) is 35.7 Å². The van der Waals surface area contributed by atoms with Crippen LogP contribution in [0.2, 0.25) is 0 Å². The fourth-order valence-electron chi connectivity index (χ4n) is 2.23. The lowest BCUT2D eigenvalue weighted by atomic mass is 10.1. The number of benzene rings is 2. The van der Waals surface area contributed by atoms with Gasteiger partial charge in [0.25, 0.3) is 0 Å². The fourth-order valence-corrected chi connectivity index (χ4v) is 3.43. The standard InChI is InChI=1S/C15H17NO3S/c17-11-15(7-8-15)10-16-20(18,19)14-6-5-12-3-1-2-4-13(12)9-14/h1-6,9,16-17H,7-8,10-11H2. The van der Waals surface area contributed by atoms with Gasteiger partial charge in [-0.1, -0.05) is 30.3 Å². The van der Waals surface area contributed by atoms with Crippen LogP contribution in [0.15, 0.2) is 47.4 Å². The van der Waals surface area contributed by atoms with Gasteiger partial charge in [0, 0.05) is 18.6 Å². The van der Waals surface area contributed by atoms with E-state index in [1.165, 1.54) is 0 Å². The smallest absolute Gasteiger partial charge is 0.240 e. The SMILES string of the molecule is O=S(=O)(NCC1(CO)CC1)c1ccc2ccccc2c1. The van der Waals surface area contributed by atoms with Gasteiger partial charge in [0.1, 0.15) is 0 Å². The lowest BCUT2D eigenvalue weighted by molar-refractivity contribution is 0.213. The molecule has 0 spiro atoms. The van der Waals surface area contributed by atoms with Crippen LogP contribution in [-0.2, 0) is 10.0 Å². The molecule has 0 amide bonds. The number of sulfonamides is 1. The molecule has 0 saturated heterocycles. The minimum atomic E-state index is -3.52. The summed E-state index contributed by atoms with van der Waals surface area (Å²) < 4.78 is 27.2. The van der Waals surface area contributed by atoms with Crippen molar-refractivity contribution in [2.24, 2.45) is 5.41 Å². The van der Waals surface area contributed by atoms with E-state index in [9.17, 15) is 13.5 Å². The van der Waals surface area contributed by atoms with E-state index in [1.807, 2.05) is 30.3 Å². The van der Waals surface area contributed by atoms with Gasteiger partial charge < -0.3 is 5.11 Å². The number of aliphatic hydroxyl groups is 1. The van der Waals surface area contributed by atoms with E-state index in [-0.39, 0.29) is 16.9 Å². The molecule has 20 heavy (non-hydrogen) atoms. The van der Waals surface area contributed by atoms with Crippen LogP contribution in [0, 0.1) is 5.41 Å². The Morgan fingerprint density at radius 3 is 2.45 bits per heavy atom. The number of aliphatic hydroxyl groups excluding tert-OH is 1. The molecule has 0 heterocycles. The van der Waals surface area contributed by atoms with Gasteiger partial charge in [-0.15, -0.1) is 0 Å². The van der Waals surface area contributed by atoms with Gasteiger partial charge in [0.15, 0.2) is 0 Å². The molecule has 4 nitrogen and oxygen atoms in total. The quantitative estimate of drug-likeness (QED) is 0.884. The van der Waals surface area contributed by atoms with Crippen LogP contribution in [0.25, 0.3) is 10.8 Å². The minimum Gasteiger partial charge on any atom is -0.396 e. The first-order valence-corrected chi connectivity index (χ1v) is 8.12. The normalized spacial score (nSPS) is 17.2. The van der Waals surface area contributed by atoms with Crippen molar-refractivity contribution in [3.05, 3.63) is 42.5 Å². The summed E-state index contributed by atoms with van der Waals surface area (Å²) in [4.78, 5) is 0.268. The van der Waals surface area contributed by atoms with Crippen LogP contribution in [0.3, 0.4) is 0 Å². The monoisotopic (exact) mass is 291 g/mol. The summed E-state index contributed by atoms with van der Waals surface area (Å²) in [6.45, 7) is 0.339. The topological polar surface area (TPSA) is 66.4 Å². The van der Waals surface area contributed by atoms with Crippen molar-refractivity contribution in [1.82, 2.24) is 4.72 Å². The largest absolute Gasteiger partial charge is 0.396 e. The predicted octanol–water partition coefficient (Wildman–Crippen LogP) is 1.89. The molecule has 2 aromatic carbocycles. The van der Waals surface area contributed by atoms with Gasteiger partial charge in [-0.25, -0.2) is 13.1 Å². The van der Waals surface area contributed by atoms with Gasteiger partial charge in [-0.3, -0.25) is 0 Å². The second kappa shape index (κ2) is 4.84. The Kier molecular flexibility index (Phi) is 3.28. The van der Waals surface area contributed by atoms with Crippen LogP contribution >= 0.6 is 0 Å². The highest BCUT2D eigenvalue weighted by molar-refractivity contribution is 7.89. The Labute approximate surface area is 118 Å². The fraction of sp³-hybridized carbons (Fsp3) is 0.333. The maximum atomic E-state index is 12.3. The van der Waals surface area contributed by atoms with E-state index in [2.05, 4.69) is 4.72 Å². The van der Waals surface area contributed by atoms with Gasteiger partial charge in [0.2, 0.25) is 10.0 Å². The lowest BCUT2D eigenvalue weighted by Gasteiger charge is -2.13. The molecule has 0 bridgehead atoms. The highest BCUT2D eigenvalue weighted by Crippen LogP contribution is 2.44. The number of rotatable bonds is 5. The van der Waals surface area contributed by atoms with Crippen LogP contribution in [0.5, 0.6) is 0 Å². The Bertz CT molecular complexity index is 736. The molecular formula is C15H17NO3S. The zero-order chi connectivity index (χ0) is 14.2. The first-order chi connectivity index (χ1) is 9.55.